The molecule has 17 heavy (non-hydrogen) atoms. The molecule has 0 aliphatic rings. The first-order valence-electron chi connectivity index (χ1n) is 6.45. The third kappa shape index (κ3) is 4.48. The summed E-state index contributed by atoms with van der Waals surface area (Å²) < 4.78 is 1.96. The predicted molar refractivity (Wildman–Crippen MR) is 70.1 cm³/mol. The molecule has 0 bridgehead atoms. The minimum Gasteiger partial charge on any atom is -0.388 e. The highest BCUT2D eigenvalue weighted by Gasteiger charge is 2.22. The molecule has 0 saturated heterocycles. The minimum absolute atomic E-state index is 0.620. The predicted octanol–water partition coefficient (Wildman–Crippen LogP) is 1.50. The molecule has 0 aliphatic heterocycles. The number of hydrogen-bond donors (Lipinski definition) is 2. The molecule has 4 nitrogen and oxygen atoms in total. The standard InChI is InChI=1S/C13H25N3O/c1-5-7-14-10-13(4,17)9-12-8-11(3)15-16(12)6-2/h8,14,17H,5-7,9-10H2,1-4H3. The van der Waals surface area contributed by atoms with E-state index in [1.165, 1.54) is 0 Å². The summed E-state index contributed by atoms with van der Waals surface area (Å²) in [6.07, 6.45) is 1.72. The lowest BCUT2D eigenvalue weighted by molar-refractivity contribution is 0.0582. The van der Waals surface area contributed by atoms with Gasteiger partial charge in [0.1, 0.15) is 0 Å². The van der Waals surface area contributed by atoms with E-state index in [0.717, 1.165) is 30.9 Å². The second-order valence-corrected chi connectivity index (χ2v) is 4.94. The summed E-state index contributed by atoms with van der Waals surface area (Å²) in [5.41, 5.74) is 1.40. The fourth-order valence-corrected chi connectivity index (χ4v) is 2.00. The Labute approximate surface area is 104 Å². The molecular weight excluding hydrogens is 214 g/mol. The van der Waals surface area contributed by atoms with Crippen molar-refractivity contribution < 1.29 is 5.11 Å². The van der Waals surface area contributed by atoms with Crippen molar-refractivity contribution in [2.24, 2.45) is 0 Å². The summed E-state index contributed by atoms with van der Waals surface area (Å²) in [6, 6.07) is 2.05. The van der Waals surface area contributed by atoms with Crippen LogP contribution in [-0.2, 0) is 13.0 Å². The molecule has 98 valence electrons. The lowest BCUT2D eigenvalue weighted by atomic mass is 10.00. The van der Waals surface area contributed by atoms with Gasteiger partial charge in [-0.2, -0.15) is 5.10 Å². The van der Waals surface area contributed by atoms with E-state index >= 15 is 0 Å². The Hall–Kier alpha value is -0.870. The van der Waals surface area contributed by atoms with Crippen LogP contribution in [0, 0.1) is 6.92 Å². The smallest absolute Gasteiger partial charge is 0.0798 e. The van der Waals surface area contributed by atoms with Crippen LogP contribution in [0.4, 0.5) is 0 Å². The number of nitrogens with one attached hydrogen (secondary N) is 1. The van der Waals surface area contributed by atoms with E-state index in [2.05, 4.69) is 30.3 Å². The van der Waals surface area contributed by atoms with Crippen LogP contribution < -0.4 is 5.32 Å². The molecule has 2 N–H and O–H groups in total. The fourth-order valence-electron chi connectivity index (χ4n) is 2.00. The van der Waals surface area contributed by atoms with E-state index in [-0.39, 0.29) is 0 Å². The summed E-state index contributed by atoms with van der Waals surface area (Å²) in [4.78, 5) is 0. The molecule has 1 aromatic heterocycles. The van der Waals surface area contributed by atoms with Gasteiger partial charge in [0.05, 0.1) is 11.3 Å². The van der Waals surface area contributed by atoms with Crippen LogP contribution in [0.1, 0.15) is 38.6 Å². The van der Waals surface area contributed by atoms with E-state index in [4.69, 9.17) is 0 Å². The molecule has 1 atom stereocenters. The average Bonchev–Trinajstić information content (AvgIpc) is 2.58. The first-order chi connectivity index (χ1) is 7.98. The lowest BCUT2D eigenvalue weighted by Crippen LogP contribution is -2.40. The summed E-state index contributed by atoms with van der Waals surface area (Å²) in [7, 11) is 0. The van der Waals surface area contributed by atoms with Gasteiger partial charge in [-0.05, 0) is 39.8 Å². The summed E-state index contributed by atoms with van der Waals surface area (Å²) in [6.45, 7) is 10.5. The molecule has 1 aromatic rings. The Morgan fingerprint density at radius 1 is 1.47 bits per heavy atom. The third-order valence-electron chi connectivity index (χ3n) is 2.78. The number of aromatic nitrogens is 2. The first-order valence-corrected chi connectivity index (χ1v) is 6.45. The van der Waals surface area contributed by atoms with E-state index in [0.29, 0.717) is 13.0 Å². The molecular formula is C13H25N3O. The Morgan fingerprint density at radius 3 is 2.76 bits per heavy atom. The number of rotatable bonds is 7. The van der Waals surface area contributed by atoms with Crippen molar-refractivity contribution in [1.29, 1.82) is 0 Å². The highest BCUT2D eigenvalue weighted by Crippen LogP contribution is 2.14. The second kappa shape index (κ2) is 6.17. The second-order valence-electron chi connectivity index (χ2n) is 4.94. The van der Waals surface area contributed by atoms with Gasteiger partial charge in [-0.3, -0.25) is 4.68 Å². The van der Waals surface area contributed by atoms with Crippen molar-refractivity contribution in [1.82, 2.24) is 15.1 Å². The maximum atomic E-state index is 10.3. The van der Waals surface area contributed by atoms with Gasteiger partial charge in [-0.25, -0.2) is 0 Å². The van der Waals surface area contributed by atoms with Crippen molar-refractivity contribution in [2.45, 2.75) is 52.7 Å². The van der Waals surface area contributed by atoms with Gasteiger partial charge >= 0.3 is 0 Å². The van der Waals surface area contributed by atoms with Crippen LogP contribution in [-0.4, -0.2) is 33.6 Å². The van der Waals surface area contributed by atoms with Gasteiger partial charge < -0.3 is 10.4 Å². The normalized spacial score (nSPS) is 14.9. The van der Waals surface area contributed by atoms with Gasteiger partial charge in [-0.15, -0.1) is 0 Å². The fraction of sp³-hybridized carbons (Fsp3) is 0.769. The van der Waals surface area contributed by atoms with Crippen LogP contribution in [0.5, 0.6) is 0 Å². The highest BCUT2D eigenvalue weighted by molar-refractivity contribution is 5.11. The summed E-state index contributed by atoms with van der Waals surface area (Å²) in [5.74, 6) is 0. The van der Waals surface area contributed by atoms with Crippen molar-refractivity contribution in [2.75, 3.05) is 13.1 Å². The maximum absolute atomic E-state index is 10.3. The van der Waals surface area contributed by atoms with E-state index < -0.39 is 5.60 Å². The van der Waals surface area contributed by atoms with Gasteiger partial charge in [0.2, 0.25) is 0 Å². The van der Waals surface area contributed by atoms with Crippen molar-refractivity contribution in [3.63, 3.8) is 0 Å². The van der Waals surface area contributed by atoms with Crippen LogP contribution in [0.2, 0.25) is 0 Å². The van der Waals surface area contributed by atoms with Gasteiger partial charge in [0, 0.05) is 25.2 Å². The molecule has 0 fully saturated rings. The Balaban J connectivity index is 2.61. The molecule has 1 unspecified atom stereocenters. The molecule has 1 heterocycles. The van der Waals surface area contributed by atoms with Crippen molar-refractivity contribution >= 4 is 0 Å². The molecule has 1 rings (SSSR count). The zero-order chi connectivity index (χ0) is 12.9. The molecule has 0 spiro atoms. The summed E-state index contributed by atoms with van der Waals surface area (Å²) >= 11 is 0. The van der Waals surface area contributed by atoms with Crippen LogP contribution >= 0.6 is 0 Å². The zero-order valence-corrected chi connectivity index (χ0v) is 11.5. The first kappa shape index (κ1) is 14.2. The Kier molecular flexibility index (Phi) is 5.15. The van der Waals surface area contributed by atoms with Gasteiger partial charge in [0.25, 0.3) is 0 Å². The van der Waals surface area contributed by atoms with Crippen LogP contribution in [0.3, 0.4) is 0 Å². The van der Waals surface area contributed by atoms with Crippen molar-refractivity contribution in [3.8, 4) is 0 Å². The average molecular weight is 239 g/mol. The number of nitrogens with zero attached hydrogens (tertiary/aromatic N) is 2. The van der Waals surface area contributed by atoms with E-state index in [9.17, 15) is 5.11 Å². The van der Waals surface area contributed by atoms with Gasteiger partial charge in [-0.1, -0.05) is 6.92 Å². The number of aryl methyl sites for hydroxylation is 2. The van der Waals surface area contributed by atoms with Crippen molar-refractivity contribution in [3.05, 3.63) is 17.5 Å². The molecule has 0 aromatic carbocycles. The number of hydrogen-bond acceptors (Lipinski definition) is 3. The molecule has 0 radical (unpaired) electrons. The Bertz CT molecular complexity index is 344. The largest absolute Gasteiger partial charge is 0.388 e. The Morgan fingerprint density at radius 2 is 2.18 bits per heavy atom. The van der Waals surface area contributed by atoms with E-state index in [1.54, 1.807) is 0 Å². The van der Waals surface area contributed by atoms with Crippen LogP contribution in [0.15, 0.2) is 6.07 Å². The topological polar surface area (TPSA) is 50.1 Å². The lowest BCUT2D eigenvalue weighted by Gasteiger charge is -2.24. The molecule has 0 aliphatic carbocycles. The maximum Gasteiger partial charge on any atom is 0.0798 e. The molecule has 0 saturated carbocycles. The SMILES string of the molecule is CCCNCC(C)(O)Cc1cc(C)nn1CC. The van der Waals surface area contributed by atoms with Crippen LogP contribution in [0.25, 0.3) is 0 Å². The highest BCUT2D eigenvalue weighted by atomic mass is 16.3. The minimum atomic E-state index is -0.714. The van der Waals surface area contributed by atoms with Gasteiger partial charge in [0.15, 0.2) is 0 Å². The zero-order valence-electron chi connectivity index (χ0n) is 11.5. The quantitative estimate of drug-likeness (QED) is 0.709. The summed E-state index contributed by atoms with van der Waals surface area (Å²) in [5, 5.41) is 18.0. The van der Waals surface area contributed by atoms with E-state index in [1.807, 2.05) is 18.5 Å². The monoisotopic (exact) mass is 239 g/mol. The molecule has 0 amide bonds. The third-order valence-corrected chi connectivity index (χ3v) is 2.78. The number of aliphatic hydroxyl groups is 1. The molecule has 4 heteroatoms.